The second kappa shape index (κ2) is 6.17. The number of aryl methyl sites for hydroxylation is 3. The van der Waals surface area contributed by atoms with Crippen LogP contribution in [0.2, 0.25) is 0 Å². The van der Waals surface area contributed by atoms with Gasteiger partial charge in [-0.15, -0.1) is 11.3 Å². The average molecular weight is 276 g/mol. The molecule has 0 saturated heterocycles. The average Bonchev–Trinajstić information content (AvgIpc) is 2.68. The van der Waals surface area contributed by atoms with E-state index in [2.05, 4.69) is 31.0 Å². The number of aromatic nitrogens is 1. The Morgan fingerprint density at radius 3 is 2.68 bits per heavy atom. The van der Waals surface area contributed by atoms with Gasteiger partial charge in [-0.3, -0.25) is 0 Å². The van der Waals surface area contributed by atoms with Gasteiger partial charge in [0.05, 0.1) is 5.69 Å². The summed E-state index contributed by atoms with van der Waals surface area (Å²) in [4.78, 5) is 5.75. The first kappa shape index (κ1) is 14.0. The van der Waals surface area contributed by atoms with Crippen LogP contribution in [0.4, 0.5) is 0 Å². The van der Waals surface area contributed by atoms with E-state index in [-0.39, 0.29) is 0 Å². The van der Waals surface area contributed by atoms with E-state index < -0.39 is 0 Å². The lowest BCUT2D eigenvalue weighted by Gasteiger charge is -2.12. The molecule has 0 unspecified atom stereocenters. The maximum absolute atomic E-state index is 5.97. The number of thiazole rings is 1. The summed E-state index contributed by atoms with van der Waals surface area (Å²) >= 11 is 1.70. The minimum absolute atomic E-state index is 0.530. The summed E-state index contributed by atoms with van der Waals surface area (Å²) in [5.41, 5.74) is 9.06. The molecule has 0 saturated carbocycles. The zero-order valence-corrected chi connectivity index (χ0v) is 12.5. The normalized spacial score (nSPS) is 10.7. The Hall–Kier alpha value is -1.39. The molecular formula is C15H20N2OS. The van der Waals surface area contributed by atoms with E-state index in [9.17, 15) is 0 Å². The lowest BCUT2D eigenvalue weighted by molar-refractivity contribution is 0.300. The van der Waals surface area contributed by atoms with Gasteiger partial charge < -0.3 is 10.5 Å². The maximum Gasteiger partial charge on any atom is 0.140 e. The summed E-state index contributed by atoms with van der Waals surface area (Å²) < 4.78 is 5.97. The number of para-hydroxylation sites is 1. The first-order valence-electron chi connectivity index (χ1n) is 6.46. The second-order valence-electron chi connectivity index (χ2n) is 4.64. The predicted octanol–water partition coefficient (Wildman–Crippen LogP) is 3.15. The molecule has 19 heavy (non-hydrogen) atoms. The van der Waals surface area contributed by atoms with Crippen molar-refractivity contribution >= 4 is 11.3 Å². The fourth-order valence-corrected chi connectivity index (χ4v) is 2.85. The Bertz CT molecular complexity index is 544. The van der Waals surface area contributed by atoms with Crippen LogP contribution in [-0.4, -0.2) is 11.5 Å². The zero-order chi connectivity index (χ0) is 13.8. The molecule has 0 bridgehead atoms. The van der Waals surface area contributed by atoms with Crippen molar-refractivity contribution in [1.82, 2.24) is 4.98 Å². The van der Waals surface area contributed by atoms with E-state index in [1.807, 2.05) is 13.0 Å². The number of benzene rings is 1. The summed E-state index contributed by atoms with van der Waals surface area (Å²) in [6.07, 6.45) is 0.840. The quantitative estimate of drug-likeness (QED) is 0.912. The van der Waals surface area contributed by atoms with Crippen LogP contribution in [0.25, 0.3) is 0 Å². The Morgan fingerprint density at radius 2 is 2.05 bits per heavy atom. The topological polar surface area (TPSA) is 48.1 Å². The van der Waals surface area contributed by atoms with Crippen LogP contribution in [0.3, 0.4) is 0 Å². The van der Waals surface area contributed by atoms with Crippen LogP contribution < -0.4 is 10.5 Å². The third-order valence-electron chi connectivity index (χ3n) is 3.12. The van der Waals surface area contributed by atoms with Gasteiger partial charge in [0.1, 0.15) is 17.4 Å². The smallest absolute Gasteiger partial charge is 0.140 e. The van der Waals surface area contributed by atoms with Crippen molar-refractivity contribution in [3.8, 4) is 5.75 Å². The van der Waals surface area contributed by atoms with Gasteiger partial charge in [-0.2, -0.15) is 0 Å². The van der Waals surface area contributed by atoms with Crippen LogP contribution >= 0.6 is 11.3 Å². The maximum atomic E-state index is 5.97. The fraction of sp³-hybridized carbons (Fsp3) is 0.400. The molecule has 102 valence electrons. The molecule has 0 radical (unpaired) electrons. The highest BCUT2D eigenvalue weighted by molar-refractivity contribution is 7.11. The SMILES string of the molecule is Cc1cccc(CCN)c1OCc1nc(C)c(C)s1. The molecule has 0 fully saturated rings. The number of rotatable bonds is 5. The van der Waals surface area contributed by atoms with Gasteiger partial charge in [-0.1, -0.05) is 18.2 Å². The lowest BCUT2D eigenvalue weighted by Crippen LogP contribution is -2.06. The van der Waals surface area contributed by atoms with E-state index in [1.165, 1.54) is 10.4 Å². The molecule has 1 heterocycles. The highest BCUT2D eigenvalue weighted by Gasteiger charge is 2.09. The third kappa shape index (κ3) is 3.33. The number of nitrogens with two attached hydrogens (primary N) is 1. The molecule has 0 aliphatic rings. The largest absolute Gasteiger partial charge is 0.486 e. The summed E-state index contributed by atoms with van der Waals surface area (Å²) in [6, 6.07) is 6.19. The number of ether oxygens (including phenoxy) is 1. The molecule has 0 aliphatic heterocycles. The van der Waals surface area contributed by atoms with Crippen LogP contribution in [0.1, 0.15) is 26.7 Å². The molecular weight excluding hydrogens is 256 g/mol. The molecule has 1 aromatic heterocycles. The van der Waals surface area contributed by atoms with Gasteiger partial charge in [-0.05, 0) is 44.9 Å². The molecule has 0 amide bonds. The molecule has 0 spiro atoms. The third-order valence-corrected chi connectivity index (χ3v) is 4.17. The van der Waals surface area contributed by atoms with Crippen molar-refractivity contribution < 1.29 is 4.74 Å². The highest BCUT2D eigenvalue weighted by Crippen LogP contribution is 2.26. The minimum Gasteiger partial charge on any atom is -0.486 e. The van der Waals surface area contributed by atoms with Crippen LogP contribution in [0.15, 0.2) is 18.2 Å². The molecule has 0 aliphatic carbocycles. The Morgan fingerprint density at radius 1 is 1.26 bits per heavy atom. The number of hydrogen-bond acceptors (Lipinski definition) is 4. The summed E-state index contributed by atoms with van der Waals surface area (Å²) in [7, 11) is 0. The van der Waals surface area contributed by atoms with E-state index >= 15 is 0 Å². The second-order valence-corrected chi connectivity index (χ2v) is 5.93. The van der Waals surface area contributed by atoms with Gasteiger partial charge in [0.2, 0.25) is 0 Å². The predicted molar refractivity (Wildman–Crippen MR) is 79.9 cm³/mol. The van der Waals surface area contributed by atoms with Crippen molar-refractivity contribution in [1.29, 1.82) is 0 Å². The first-order valence-corrected chi connectivity index (χ1v) is 7.27. The van der Waals surface area contributed by atoms with Gasteiger partial charge in [-0.25, -0.2) is 4.98 Å². The van der Waals surface area contributed by atoms with Gasteiger partial charge in [0.15, 0.2) is 0 Å². The van der Waals surface area contributed by atoms with Crippen molar-refractivity contribution in [2.75, 3.05) is 6.54 Å². The van der Waals surface area contributed by atoms with E-state index in [1.54, 1.807) is 11.3 Å². The van der Waals surface area contributed by atoms with E-state index in [4.69, 9.17) is 10.5 Å². The first-order chi connectivity index (χ1) is 9.11. The van der Waals surface area contributed by atoms with Gasteiger partial charge in [0, 0.05) is 4.88 Å². The van der Waals surface area contributed by atoms with Crippen LogP contribution in [0, 0.1) is 20.8 Å². The van der Waals surface area contributed by atoms with Crippen molar-refractivity contribution in [2.45, 2.75) is 33.8 Å². The Balaban J connectivity index is 2.14. The van der Waals surface area contributed by atoms with Gasteiger partial charge in [0.25, 0.3) is 0 Å². The Kier molecular flexibility index (Phi) is 4.56. The molecule has 3 nitrogen and oxygen atoms in total. The minimum atomic E-state index is 0.530. The summed E-state index contributed by atoms with van der Waals surface area (Å²) in [5.74, 6) is 0.957. The lowest BCUT2D eigenvalue weighted by atomic mass is 10.1. The number of hydrogen-bond donors (Lipinski definition) is 1. The van der Waals surface area contributed by atoms with E-state index in [0.717, 1.165) is 28.4 Å². The molecule has 4 heteroatoms. The van der Waals surface area contributed by atoms with Crippen molar-refractivity contribution in [3.05, 3.63) is 44.9 Å². The molecule has 2 N–H and O–H groups in total. The molecule has 2 rings (SSSR count). The molecule has 0 atom stereocenters. The van der Waals surface area contributed by atoms with Crippen molar-refractivity contribution in [3.63, 3.8) is 0 Å². The highest BCUT2D eigenvalue weighted by atomic mass is 32.1. The zero-order valence-electron chi connectivity index (χ0n) is 11.7. The van der Waals surface area contributed by atoms with Crippen LogP contribution in [0.5, 0.6) is 5.75 Å². The fourth-order valence-electron chi connectivity index (χ4n) is 2.01. The monoisotopic (exact) mass is 276 g/mol. The molecule has 2 aromatic rings. The van der Waals surface area contributed by atoms with Crippen molar-refractivity contribution in [2.24, 2.45) is 5.73 Å². The number of nitrogens with zero attached hydrogens (tertiary/aromatic N) is 1. The van der Waals surface area contributed by atoms with Gasteiger partial charge >= 0.3 is 0 Å². The molecule has 1 aromatic carbocycles. The standard InChI is InChI=1S/C15H20N2OS/c1-10-5-4-6-13(7-8-16)15(10)18-9-14-17-11(2)12(3)19-14/h4-6H,7-9,16H2,1-3H3. The van der Waals surface area contributed by atoms with Crippen LogP contribution in [-0.2, 0) is 13.0 Å². The summed E-state index contributed by atoms with van der Waals surface area (Å²) in [5, 5.41) is 1.02. The van der Waals surface area contributed by atoms with E-state index in [0.29, 0.717) is 13.2 Å². The summed E-state index contributed by atoms with van der Waals surface area (Å²) in [6.45, 7) is 7.35. The Labute approximate surface area is 118 Å².